The van der Waals surface area contributed by atoms with Gasteiger partial charge in [0.1, 0.15) is 17.7 Å². The highest BCUT2D eigenvalue weighted by molar-refractivity contribution is 7.80. The molecule has 1 saturated heterocycles. The highest BCUT2D eigenvalue weighted by Crippen LogP contribution is 2.42. The molecule has 0 bridgehead atoms. The summed E-state index contributed by atoms with van der Waals surface area (Å²) in [5, 5.41) is 3.99. The SMILES string of the molecule is Cc1ccc(-n2cccc2[C@@H]2[C@H](c3ccccn3)NC(=S)N2c2ccc(F)cc2)nc1. The van der Waals surface area contributed by atoms with Crippen molar-refractivity contribution in [1.82, 2.24) is 19.9 Å². The average molecular weight is 430 g/mol. The molecule has 1 N–H and O–H groups in total. The first-order valence-corrected chi connectivity index (χ1v) is 10.4. The van der Waals surface area contributed by atoms with E-state index in [0.717, 1.165) is 28.5 Å². The van der Waals surface area contributed by atoms with Crippen molar-refractivity contribution in [3.05, 3.63) is 108 Å². The van der Waals surface area contributed by atoms with E-state index in [1.54, 1.807) is 18.3 Å². The summed E-state index contributed by atoms with van der Waals surface area (Å²) in [6, 6.07) is 19.9. The van der Waals surface area contributed by atoms with Gasteiger partial charge in [-0.25, -0.2) is 9.37 Å². The van der Waals surface area contributed by atoms with Gasteiger partial charge >= 0.3 is 0 Å². The van der Waals surface area contributed by atoms with E-state index < -0.39 is 0 Å². The van der Waals surface area contributed by atoms with Crippen LogP contribution >= 0.6 is 12.2 Å². The van der Waals surface area contributed by atoms with Crippen LogP contribution in [0.25, 0.3) is 5.82 Å². The Hall–Kier alpha value is -3.58. The number of thiocarbonyl (C=S) groups is 1. The molecule has 0 saturated carbocycles. The van der Waals surface area contributed by atoms with E-state index in [2.05, 4.69) is 25.9 Å². The van der Waals surface area contributed by atoms with Crippen LogP contribution in [0.4, 0.5) is 10.1 Å². The van der Waals surface area contributed by atoms with Crippen molar-refractivity contribution in [3.63, 3.8) is 0 Å². The van der Waals surface area contributed by atoms with E-state index in [0.29, 0.717) is 5.11 Å². The molecular formula is C24H20FN5S. The van der Waals surface area contributed by atoms with Gasteiger partial charge in [-0.1, -0.05) is 12.1 Å². The van der Waals surface area contributed by atoms with Gasteiger partial charge in [0.2, 0.25) is 0 Å². The Morgan fingerprint density at radius 2 is 1.81 bits per heavy atom. The second kappa shape index (κ2) is 7.92. The third kappa shape index (κ3) is 3.57. The van der Waals surface area contributed by atoms with Gasteiger partial charge in [-0.05, 0) is 79.3 Å². The molecule has 0 unspecified atom stereocenters. The maximum atomic E-state index is 13.6. The van der Waals surface area contributed by atoms with E-state index in [4.69, 9.17) is 12.2 Å². The van der Waals surface area contributed by atoms with Crippen LogP contribution in [0.1, 0.15) is 29.0 Å². The lowest BCUT2D eigenvalue weighted by Gasteiger charge is -2.28. The highest BCUT2D eigenvalue weighted by atomic mass is 32.1. The predicted molar refractivity (Wildman–Crippen MR) is 123 cm³/mol. The Labute approximate surface area is 185 Å². The number of nitrogens with zero attached hydrogens (tertiary/aromatic N) is 4. The molecule has 7 heteroatoms. The van der Waals surface area contributed by atoms with Gasteiger partial charge in [0.25, 0.3) is 0 Å². The number of halogens is 1. The summed E-state index contributed by atoms with van der Waals surface area (Å²) >= 11 is 5.73. The normalized spacial score (nSPS) is 18.3. The van der Waals surface area contributed by atoms with Crippen LogP contribution in [-0.4, -0.2) is 19.6 Å². The number of aryl methyl sites for hydroxylation is 1. The first-order chi connectivity index (χ1) is 15.1. The van der Waals surface area contributed by atoms with Crippen molar-refractivity contribution in [2.24, 2.45) is 0 Å². The van der Waals surface area contributed by atoms with Crippen molar-refractivity contribution in [2.75, 3.05) is 4.90 Å². The zero-order chi connectivity index (χ0) is 21.4. The molecule has 1 aliphatic rings. The van der Waals surface area contributed by atoms with Crippen molar-refractivity contribution in [2.45, 2.75) is 19.0 Å². The second-order valence-electron chi connectivity index (χ2n) is 7.47. The number of hydrogen-bond acceptors (Lipinski definition) is 3. The van der Waals surface area contributed by atoms with E-state index in [-0.39, 0.29) is 17.9 Å². The Morgan fingerprint density at radius 1 is 0.968 bits per heavy atom. The standard InChI is InChI=1S/C24H20FN5S/c1-16-7-12-21(27-15-16)29-14-4-6-20(29)23-22(19-5-2-3-13-26-19)28-24(31)30(23)18-10-8-17(25)9-11-18/h2-15,22-23H,1H3,(H,28,31)/t22-,23+/m0/s1. The van der Waals surface area contributed by atoms with Crippen LogP contribution in [0.3, 0.4) is 0 Å². The molecule has 0 aliphatic carbocycles. The van der Waals surface area contributed by atoms with E-state index in [1.807, 2.05) is 60.6 Å². The van der Waals surface area contributed by atoms with Gasteiger partial charge in [0, 0.05) is 30.0 Å². The fourth-order valence-electron chi connectivity index (χ4n) is 3.98. The number of hydrogen-bond donors (Lipinski definition) is 1. The number of benzene rings is 1. The van der Waals surface area contributed by atoms with Gasteiger partial charge in [0.05, 0.1) is 11.7 Å². The van der Waals surface area contributed by atoms with Gasteiger partial charge in [-0.3, -0.25) is 4.98 Å². The van der Waals surface area contributed by atoms with Crippen LogP contribution in [-0.2, 0) is 0 Å². The van der Waals surface area contributed by atoms with Crippen molar-refractivity contribution < 1.29 is 4.39 Å². The summed E-state index contributed by atoms with van der Waals surface area (Å²) in [5.41, 5.74) is 3.79. The Bertz CT molecular complexity index is 1200. The smallest absolute Gasteiger partial charge is 0.174 e. The van der Waals surface area contributed by atoms with Crippen LogP contribution in [0.2, 0.25) is 0 Å². The number of pyridine rings is 2. The van der Waals surface area contributed by atoms with Crippen molar-refractivity contribution >= 4 is 23.0 Å². The van der Waals surface area contributed by atoms with Gasteiger partial charge in [-0.2, -0.15) is 0 Å². The quantitative estimate of drug-likeness (QED) is 0.468. The topological polar surface area (TPSA) is 46.0 Å². The predicted octanol–water partition coefficient (Wildman–Crippen LogP) is 4.89. The summed E-state index contributed by atoms with van der Waals surface area (Å²) in [6.45, 7) is 2.01. The first-order valence-electron chi connectivity index (χ1n) is 9.98. The van der Waals surface area contributed by atoms with Crippen LogP contribution in [0.15, 0.2) is 85.3 Å². The summed E-state index contributed by atoms with van der Waals surface area (Å²) in [6.07, 6.45) is 5.62. The van der Waals surface area contributed by atoms with E-state index >= 15 is 0 Å². The molecule has 0 radical (unpaired) electrons. The van der Waals surface area contributed by atoms with Gasteiger partial charge < -0.3 is 14.8 Å². The molecule has 5 rings (SSSR count). The molecule has 1 aromatic carbocycles. The minimum atomic E-state index is -0.285. The second-order valence-corrected chi connectivity index (χ2v) is 7.86. The van der Waals surface area contributed by atoms with Crippen LogP contribution < -0.4 is 10.2 Å². The molecule has 31 heavy (non-hydrogen) atoms. The number of rotatable bonds is 4. The van der Waals surface area contributed by atoms with Crippen LogP contribution in [0, 0.1) is 12.7 Å². The molecule has 3 aromatic heterocycles. The van der Waals surface area contributed by atoms with Gasteiger partial charge in [-0.15, -0.1) is 0 Å². The molecule has 1 aliphatic heterocycles. The monoisotopic (exact) mass is 429 g/mol. The van der Waals surface area contributed by atoms with Gasteiger partial charge in [0.15, 0.2) is 5.11 Å². The largest absolute Gasteiger partial charge is 0.351 e. The number of nitrogens with one attached hydrogen (secondary N) is 1. The zero-order valence-electron chi connectivity index (χ0n) is 16.8. The molecule has 0 amide bonds. The average Bonchev–Trinajstić information content (AvgIpc) is 3.40. The molecule has 154 valence electrons. The summed E-state index contributed by atoms with van der Waals surface area (Å²) in [5.74, 6) is 0.536. The lowest BCUT2D eigenvalue weighted by Crippen LogP contribution is -2.30. The third-order valence-corrected chi connectivity index (χ3v) is 5.74. The first kappa shape index (κ1) is 19.4. The van der Waals surface area contributed by atoms with E-state index in [9.17, 15) is 4.39 Å². The summed E-state index contributed by atoms with van der Waals surface area (Å²) in [7, 11) is 0. The maximum Gasteiger partial charge on any atom is 0.174 e. The minimum Gasteiger partial charge on any atom is -0.351 e. The molecule has 0 spiro atoms. The van der Waals surface area contributed by atoms with Crippen LogP contribution in [0.5, 0.6) is 0 Å². The molecule has 1 fully saturated rings. The Morgan fingerprint density at radius 3 is 2.52 bits per heavy atom. The summed E-state index contributed by atoms with van der Waals surface area (Å²) < 4.78 is 15.7. The summed E-state index contributed by atoms with van der Waals surface area (Å²) in [4.78, 5) is 11.2. The maximum absolute atomic E-state index is 13.6. The fourth-order valence-corrected chi connectivity index (χ4v) is 4.33. The van der Waals surface area contributed by atoms with Crippen molar-refractivity contribution in [1.29, 1.82) is 0 Å². The van der Waals surface area contributed by atoms with E-state index in [1.165, 1.54) is 12.1 Å². The fraction of sp³-hybridized carbons (Fsp3) is 0.125. The highest BCUT2D eigenvalue weighted by Gasteiger charge is 2.42. The molecule has 4 aromatic rings. The molecule has 5 nitrogen and oxygen atoms in total. The Balaban J connectivity index is 1.66. The number of anilines is 1. The lowest BCUT2D eigenvalue weighted by atomic mass is 10.0. The lowest BCUT2D eigenvalue weighted by molar-refractivity contribution is 0.548. The molecule has 2 atom stereocenters. The van der Waals surface area contributed by atoms with Crippen molar-refractivity contribution in [3.8, 4) is 5.82 Å². The zero-order valence-corrected chi connectivity index (χ0v) is 17.6. The number of aromatic nitrogens is 3. The molecule has 4 heterocycles. The molecular weight excluding hydrogens is 409 g/mol. The minimum absolute atomic E-state index is 0.183. The Kier molecular flexibility index (Phi) is 4.95. The third-order valence-electron chi connectivity index (χ3n) is 5.43.